The van der Waals surface area contributed by atoms with Gasteiger partial charge in [0.05, 0.1) is 6.61 Å². The molecule has 0 amide bonds. The summed E-state index contributed by atoms with van der Waals surface area (Å²) in [5.74, 6) is 0. The van der Waals surface area contributed by atoms with Gasteiger partial charge in [0.2, 0.25) is 0 Å². The standard InChI is InChI=1S/C9H19NOS/c1-8(12-2)3-5-10-9-4-6-11-7-9/h8-10H,3-7H2,1-2H3. The Labute approximate surface area is 79.4 Å². The molecular weight excluding hydrogens is 170 g/mol. The Kier molecular flexibility index (Phi) is 5.04. The van der Waals surface area contributed by atoms with Gasteiger partial charge in [0.1, 0.15) is 0 Å². The Morgan fingerprint density at radius 3 is 3.08 bits per heavy atom. The van der Waals surface area contributed by atoms with E-state index in [2.05, 4.69) is 18.5 Å². The van der Waals surface area contributed by atoms with Crippen LogP contribution in [0.1, 0.15) is 19.8 Å². The fraction of sp³-hybridized carbons (Fsp3) is 1.00. The molecule has 1 fully saturated rings. The highest BCUT2D eigenvalue weighted by Gasteiger charge is 2.14. The van der Waals surface area contributed by atoms with Crippen molar-refractivity contribution in [2.75, 3.05) is 26.0 Å². The summed E-state index contributed by atoms with van der Waals surface area (Å²) in [6.07, 6.45) is 4.62. The van der Waals surface area contributed by atoms with Crippen molar-refractivity contribution in [2.24, 2.45) is 0 Å². The molecule has 0 aliphatic carbocycles. The van der Waals surface area contributed by atoms with Gasteiger partial charge in [-0.05, 0) is 25.6 Å². The number of hydrogen-bond acceptors (Lipinski definition) is 3. The van der Waals surface area contributed by atoms with Crippen molar-refractivity contribution in [1.29, 1.82) is 0 Å². The third-order valence-corrected chi connectivity index (χ3v) is 3.36. The Hall–Kier alpha value is 0.270. The van der Waals surface area contributed by atoms with Crippen LogP contribution < -0.4 is 5.32 Å². The zero-order chi connectivity index (χ0) is 8.81. The van der Waals surface area contributed by atoms with E-state index >= 15 is 0 Å². The van der Waals surface area contributed by atoms with E-state index in [0.29, 0.717) is 6.04 Å². The van der Waals surface area contributed by atoms with Crippen molar-refractivity contribution < 1.29 is 4.74 Å². The number of rotatable bonds is 5. The first-order valence-corrected chi connectivity index (χ1v) is 5.95. The zero-order valence-corrected chi connectivity index (χ0v) is 8.82. The first-order valence-electron chi connectivity index (χ1n) is 4.67. The molecule has 1 aliphatic rings. The Morgan fingerprint density at radius 1 is 1.67 bits per heavy atom. The molecule has 2 unspecified atom stereocenters. The maximum atomic E-state index is 5.27. The summed E-state index contributed by atoms with van der Waals surface area (Å²) >= 11 is 1.94. The summed E-state index contributed by atoms with van der Waals surface area (Å²) in [5, 5.41) is 4.29. The van der Waals surface area contributed by atoms with E-state index in [-0.39, 0.29) is 0 Å². The Balaban J connectivity index is 1.94. The minimum atomic E-state index is 0.624. The largest absolute Gasteiger partial charge is 0.380 e. The SMILES string of the molecule is CSC(C)CCNC1CCOC1. The van der Waals surface area contributed by atoms with Gasteiger partial charge in [0.25, 0.3) is 0 Å². The Morgan fingerprint density at radius 2 is 2.50 bits per heavy atom. The van der Waals surface area contributed by atoms with Crippen LogP contribution in [0.3, 0.4) is 0 Å². The van der Waals surface area contributed by atoms with Crippen LogP contribution in [0.5, 0.6) is 0 Å². The highest BCUT2D eigenvalue weighted by atomic mass is 32.2. The van der Waals surface area contributed by atoms with E-state index in [1.807, 2.05) is 11.8 Å². The molecule has 2 nitrogen and oxygen atoms in total. The molecule has 72 valence electrons. The lowest BCUT2D eigenvalue weighted by atomic mass is 10.2. The van der Waals surface area contributed by atoms with Crippen molar-refractivity contribution in [1.82, 2.24) is 5.32 Å². The fourth-order valence-corrected chi connectivity index (χ4v) is 1.66. The number of ether oxygens (including phenoxy) is 1. The van der Waals surface area contributed by atoms with Gasteiger partial charge >= 0.3 is 0 Å². The van der Waals surface area contributed by atoms with Gasteiger partial charge in [-0.15, -0.1) is 0 Å². The minimum absolute atomic E-state index is 0.624. The van der Waals surface area contributed by atoms with Gasteiger partial charge in [-0.2, -0.15) is 11.8 Å². The molecule has 0 aromatic carbocycles. The van der Waals surface area contributed by atoms with Crippen molar-refractivity contribution in [3.63, 3.8) is 0 Å². The summed E-state index contributed by atoms with van der Waals surface area (Å²) in [5.41, 5.74) is 0. The monoisotopic (exact) mass is 189 g/mol. The van der Waals surface area contributed by atoms with E-state index in [1.54, 1.807) is 0 Å². The second-order valence-corrected chi connectivity index (χ2v) is 4.63. The molecule has 1 rings (SSSR count). The van der Waals surface area contributed by atoms with Gasteiger partial charge in [-0.3, -0.25) is 0 Å². The average molecular weight is 189 g/mol. The molecule has 0 aromatic rings. The van der Waals surface area contributed by atoms with Crippen LogP contribution in [-0.4, -0.2) is 37.3 Å². The third kappa shape index (κ3) is 3.78. The maximum Gasteiger partial charge on any atom is 0.0620 e. The number of nitrogens with one attached hydrogen (secondary N) is 1. The summed E-state index contributed by atoms with van der Waals surface area (Å²) in [7, 11) is 0. The highest BCUT2D eigenvalue weighted by molar-refractivity contribution is 7.99. The fourth-order valence-electron chi connectivity index (χ4n) is 1.30. The molecule has 0 saturated carbocycles. The lowest BCUT2D eigenvalue weighted by Crippen LogP contribution is -2.31. The predicted molar refractivity (Wildman–Crippen MR) is 54.8 cm³/mol. The molecular formula is C9H19NOS. The molecule has 2 atom stereocenters. The lowest BCUT2D eigenvalue weighted by molar-refractivity contribution is 0.190. The molecule has 0 bridgehead atoms. The van der Waals surface area contributed by atoms with Crippen molar-refractivity contribution in [3.8, 4) is 0 Å². The van der Waals surface area contributed by atoms with Crippen molar-refractivity contribution >= 4 is 11.8 Å². The summed E-state index contributed by atoms with van der Waals surface area (Å²) in [6.45, 7) is 5.26. The first-order chi connectivity index (χ1) is 5.83. The second-order valence-electron chi connectivity index (χ2n) is 3.35. The molecule has 0 radical (unpaired) electrons. The van der Waals surface area contributed by atoms with Crippen LogP contribution in [0.2, 0.25) is 0 Å². The van der Waals surface area contributed by atoms with E-state index < -0.39 is 0 Å². The molecule has 3 heteroatoms. The number of thioether (sulfide) groups is 1. The predicted octanol–water partition coefficient (Wildman–Crippen LogP) is 1.51. The quantitative estimate of drug-likeness (QED) is 0.708. The Bertz CT molecular complexity index is 115. The van der Waals surface area contributed by atoms with E-state index in [9.17, 15) is 0 Å². The molecule has 1 heterocycles. The van der Waals surface area contributed by atoms with Crippen LogP contribution in [0, 0.1) is 0 Å². The zero-order valence-electron chi connectivity index (χ0n) is 8.01. The van der Waals surface area contributed by atoms with E-state index in [4.69, 9.17) is 4.74 Å². The molecule has 0 aromatic heterocycles. The van der Waals surface area contributed by atoms with Gasteiger partial charge in [0, 0.05) is 17.9 Å². The first kappa shape index (κ1) is 10.4. The van der Waals surface area contributed by atoms with Crippen molar-refractivity contribution in [3.05, 3.63) is 0 Å². The van der Waals surface area contributed by atoms with Gasteiger partial charge in [0.15, 0.2) is 0 Å². The molecule has 0 spiro atoms. The third-order valence-electron chi connectivity index (χ3n) is 2.32. The molecule has 1 N–H and O–H groups in total. The van der Waals surface area contributed by atoms with Crippen molar-refractivity contribution in [2.45, 2.75) is 31.1 Å². The topological polar surface area (TPSA) is 21.3 Å². The van der Waals surface area contributed by atoms with Crippen LogP contribution in [0.4, 0.5) is 0 Å². The van der Waals surface area contributed by atoms with Gasteiger partial charge in [-0.1, -0.05) is 6.92 Å². The van der Waals surface area contributed by atoms with E-state index in [1.165, 1.54) is 12.8 Å². The highest BCUT2D eigenvalue weighted by Crippen LogP contribution is 2.09. The summed E-state index contributed by atoms with van der Waals surface area (Å²) in [4.78, 5) is 0. The minimum Gasteiger partial charge on any atom is -0.380 e. The summed E-state index contributed by atoms with van der Waals surface area (Å²) in [6, 6.07) is 0.624. The summed E-state index contributed by atoms with van der Waals surface area (Å²) < 4.78 is 5.27. The second kappa shape index (κ2) is 5.84. The van der Waals surface area contributed by atoms with Gasteiger partial charge in [-0.25, -0.2) is 0 Å². The molecule has 1 saturated heterocycles. The van der Waals surface area contributed by atoms with Gasteiger partial charge < -0.3 is 10.1 Å². The average Bonchev–Trinajstić information content (AvgIpc) is 2.57. The van der Waals surface area contributed by atoms with Crippen LogP contribution in [-0.2, 0) is 4.74 Å². The normalized spacial score (nSPS) is 26.0. The molecule has 1 aliphatic heterocycles. The number of hydrogen-bond donors (Lipinski definition) is 1. The maximum absolute atomic E-state index is 5.27. The smallest absolute Gasteiger partial charge is 0.0620 e. The van der Waals surface area contributed by atoms with Crippen LogP contribution >= 0.6 is 11.8 Å². The molecule has 12 heavy (non-hydrogen) atoms. The van der Waals surface area contributed by atoms with Crippen LogP contribution in [0.25, 0.3) is 0 Å². The van der Waals surface area contributed by atoms with E-state index in [0.717, 1.165) is 25.0 Å². The van der Waals surface area contributed by atoms with Crippen LogP contribution in [0.15, 0.2) is 0 Å². The lowest BCUT2D eigenvalue weighted by Gasteiger charge is -2.12.